The maximum absolute atomic E-state index is 12.6. The summed E-state index contributed by atoms with van der Waals surface area (Å²) in [6.45, 7) is 4.26. The van der Waals surface area contributed by atoms with Crippen molar-refractivity contribution in [3.63, 3.8) is 0 Å². The molecule has 1 amide bonds. The van der Waals surface area contributed by atoms with Crippen LogP contribution < -0.4 is 11.1 Å². The van der Waals surface area contributed by atoms with E-state index in [1.807, 2.05) is 38.1 Å². The van der Waals surface area contributed by atoms with Crippen molar-refractivity contribution in [1.29, 1.82) is 0 Å². The number of carbonyl (C=O) groups excluding carboxylic acids is 1. The highest BCUT2D eigenvalue weighted by atomic mass is 79.9. The fourth-order valence-electron chi connectivity index (χ4n) is 2.75. The molecule has 0 spiro atoms. The molecule has 2 aromatic rings. The molecular weight excluding hydrogens is 358 g/mol. The van der Waals surface area contributed by atoms with E-state index in [4.69, 9.17) is 5.73 Å². The number of halogens is 1. The van der Waals surface area contributed by atoms with Crippen molar-refractivity contribution in [2.45, 2.75) is 32.2 Å². The van der Waals surface area contributed by atoms with Crippen LogP contribution in [0, 0.1) is 12.8 Å². The molecule has 0 saturated heterocycles. The summed E-state index contributed by atoms with van der Waals surface area (Å²) in [6.07, 6.45) is 2.22. The lowest BCUT2D eigenvalue weighted by atomic mass is 9.95. The lowest BCUT2D eigenvalue weighted by molar-refractivity contribution is 0.0892. The number of benzene rings is 1. The van der Waals surface area contributed by atoms with Gasteiger partial charge in [-0.2, -0.15) is 0 Å². The predicted octanol–water partition coefficient (Wildman–Crippen LogP) is 2.20. The van der Waals surface area contributed by atoms with Gasteiger partial charge in [0.05, 0.1) is 16.9 Å². The van der Waals surface area contributed by atoms with Gasteiger partial charge in [-0.3, -0.25) is 4.79 Å². The Balaban J connectivity index is 1.85. The van der Waals surface area contributed by atoms with Gasteiger partial charge in [-0.25, -0.2) is 4.68 Å². The highest BCUT2D eigenvalue weighted by Gasteiger charge is 2.42. The Morgan fingerprint density at radius 3 is 2.87 bits per heavy atom. The van der Waals surface area contributed by atoms with Crippen LogP contribution in [0.3, 0.4) is 0 Å². The predicted molar refractivity (Wildman–Crippen MR) is 91.4 cm³/mol. The molecule has 1 atom stereocenters. The zero-order valence-corrected chi connectivity index (χ0v) is 14.8. The van der Waals surface area contributed by atoms with Gasteiger partial charge in [-0.05, 0) is 50.8 Å². The monoisotopic (exact) mass is 377 g/mol. The molecule has 0 radical (unpaired) electrons. The van der Waals surface area contributed by atoms with Gasteiger partial charge in [0.1, 0.15) is 0 Å². The molecule has 7 heteroatoms. The van der Waals surface area contributed by atoms with Gasteiger partial charge in [0.15, 0.2) is 5.69 Å². The summed E-state index contributed by atoms with van der Waals surface area (Å²) in [4.78, 5) is 12.6. The third kappa shape index (κ3) is 3.16. The quantitative estimate of drug-likeness (QED) is 0.835. The van der Waals surface area contributed by atoms with Gasteiger partial charge >= 0.3 is 0 Å². The topological polar surface area (TPSA) is 85.8 Å². The third-order valence-corrected chi connectivity index (χ3v) is 4.96. The zero-order chi connectivity index (χ0) is 16.6. The maximum Gasteiger partial charge on any atom is 0.274 e. The Morgan fingerprint density at radius 1 is 1.52 bits per heavy atom. The molecule has 1 aliphatic rings. The minimum absolute atomic E-state index is 0.219. The maximum atomic E-state index is 12.6. The van der Waals surface area contributed by atoms with E-state index in [0.717, 1.165) is 23.0 Å². The number of aromatic nitrogens is 3. The molecule has 1 aromatic carbocycles. The van der Waals surface area contributed by atoms with Gasteiger partial charge in [-0.15, -0.1) is 5.10 Å². The lowest BCUT2D eigenvalue weighted by Crippen LogP contribution is -2.53. The van der Waals surface area contributed by atoms with Gasteiger partial charge in [0, 0.05) is 11.0 Å². The molecule has 1 aliphatic carbocycles. The normalized spacial score (nSPS) is 16.9. The highest BCUT2D eigenvalue weighted by Crippen LogP contribution is 2.39. The number of carbonyl (C=O) groups is 1. The first-order valence-electron chi connectivity index (χ1n) is 7.65. The van der Waals surface area contributed by atoms with Gasteiger partial charge in [0.2, 0.25) is 0 Å². The van der Waals surface area contributed by atoms with Crippen molar-refractivity contribution in [1.82, 2.24) is 20.3 Å². The number of hydrogen-bond donors (Lipinski definition) is 2. The van der Waals surface area contributed by atoms with E-state index in [1.54, 1.807) is 4.68 Å². The van der Waals surface area contributed by atoms with E-state index in [9.17, 15) is 4.79 Å². The molecule has 0 aliphatic heterocycles. The van der Waals surface area contributed by atoms with Crippen LogP contribution in [0.15, 0.2) is 28.7 Å². The molecule has 3 N–H and O–H groups in total. The molecule has 1 heterocycles. The summed E-state index contributed by atoms with van der Waals surface area (Å²) in [6, 6.07) is 7.70. The number of nitrogens with one attached hydrogen (secondary N) is 1. The van der Waals surface area contributed by atoms with Crippen LogP contribution >= 0.6 is 15.9 Å². The van der Waals surface area contributed by atoms with Crippen LogP contribution in [-0.2, 0) is 0 Å². The molecule has 1 unspecified atom stereocenters. The molecular formula is C16H20BrN5O. The van der Waals surface area contributed by atoms with Crippen LogP contribution in [0.2, 0.25) is 0 Å². The number of nitrogens with two attached hydrogens (primary N) is 1. The Morgan fingerprint density at radius 2 is 2.26 bits per heavy atom. The molecule has 3 rings (SSSR count). The van der Waals surface area contributed by atoms with Crippen molar-refractivity contribution in [2.75, 3.05) is 6.54 Å². The van der Waals surface area contributed by atoms with Gasteiger partial charge in [-0.1, -0.05) is 27.2 Å². The Labute approximate surface area is 143 Å². The van der Waals surface area contributed by atoms with Crippen molar-refractivity contribution >= 4 is 21.8 Å². The number of rotatable bonds is 5. The lowest BCUT2D eigenvalue weighted by Gasteiger charge is -2.29. The molecule has 6 nitrogen and oxygen atoms in total. The van der Waals surface area contributed by atoms with E-state index in [-0.39, 0.29) is 11.4 Å². The smallest absolute Gasteiger partial charge is 0.274 e. The van der Waals surface area contributed by atoms with Crippen LogP contribution in [0.1, 0.15) is 35.9 Å². The van der Waals surface area contributed by atoms with Crippen molar-refractivity contribution in [2.24, 2.45) is 11.7 Å². The fourth-order valence-corrected chi connectivity index (χ4v) is 3.14. The second-order valence-electron chi connectivity index (χ2n) is 6.27. The molecule has 1 fully saturated rings. The molecule has 122 valence electrons. The Bertz CT molecular complexity index is 740. The third-order valence-electron chi connectivity index (χ3n) is 4.46. The zero-order valence-electron chi connectivity index (χ0n) is 13.2. The van der Waals surface area contributed by atoms with Gasteiger partial charge in [0.25, 0.3) is 5.91 Å². The number of amides is 1. The van der Waals surface area contributed by atoms with E-state index >= 15 is 0 Å². The van der Waals surface area contributed by atoms with Crippen molar-refractivity contribution in [3.05, 3.63) is 40.1 Å². The van der Waals surface area contributed by atoms with Crippen LogP contribution in [-0.4, -0.2) is 33.0 Å². The minimum Gasteiger partial charge on any atom is -0.344 e. The molecule has 1 saturated carbocycles. The first kappa shape index (κ1) is 16.1. The van der Waals surface area contributed by atoms with E-state index in [1.165, 1.54) is 0 Å². The Kier molecular flexibility index (Phi) is 4.25. The summed E-state index contributed by atoms with van der Waals surface area (Å²) in [5.74, 6) is 0.237. The van der Waals surface area contributed by atoms with Gasteiger partial charge < -0.3 is 11.1 Å². The van der Waals surface area contributed by atoms with E-state index < -0.39 is 0 Å². The second kappa shape index (κ2) is 6.05. The fraction of sp³-hybridized carbons (Fsp3) is 0.438. The van der Waals surface area contributed by atoms with Crippen LogP contribution in [0.25, 0.3) is 5.69 Å². The number of hydrogen-bond acceptors (Lipinski definition) is 4. The van der Waals surface area contributed by atoms with Crippen LogP contribution in [0.5, 0.6) is 0 Å². The summed E-state index contributed by atoms with van der Waals surface area (Å²) in [5, 5.41) is 11.2. The summed E-state index contributed by atoms with van der Waals surface area (Å²) in [5.41, 5.74) is 7.39. The summed E-state index contributed by atoms with van der Waals surface area (Å²) < 4.78 is 2.61. The molecule has 23 heavy (non-hydrogen) atoms. The molecule has 0 bridgehead atoms. The molecule has 1 aromatic heterocycles. The largest absolute Gasteiger partial charge is 0.344 e. The average Bonchev–Trinajstić information content (AvgIpc) is 3.30. The van der Waals surface area contributed by atoms with Crippen molar-refractivity contribution < 1.29 is 4.79 Å². The number of nitrogens with zero attached hydrogens (tertiary/aromatic N) is 3. The first-order valence-corrected chi connectivity index (χ1v) is 8.45. The summed E-state index contributed by atoms with van der Waals surface area (Å²) in [7, 11) is 0. The SMILES string of the molecule is Cc1c(C(=O)NC(C)(CN)C2CC2)nnn1-c1cccc(Br)c1. The standard InChI is InChI=1S/C16H20BrN5O/c1-10-14(15(23)19-16(2,9-18)11-6-7-11)20-21-22(10)13-5-3-4-12(17)8-13/h3-5,8,11H,6-7,9,18H2,1-2H3,(H,19,23). The second-order valence-corrected chi connectivity index (χ2v) is 7.18. The van der Waals surface area contributed by atoms with E-state index in [0.29, 0.717) is 23.9 Å². The van der Waals surface area contributed by atoms with Crippen molar-refractivity contribution in [3.8, 4) is 5.69 Å². The minimum atomic E-state index is -0.372. The Hall–Kier alpha value is -1.73. The van der Waals surface area contributed by atoms with E-state index in [2.05, 4.69) is 31.6 Å². The summed E-state index contributed by atoms with van der Waals surface area (Å²) >= 11 is 3.44. The van der Waals surface area contributed by atoms with Crippen LogP contribution in [0.4, 0.5) is 0 Å². The highest BCUT2D eigenvalue weighted by molar-refractivity contribution is 9.10. The first-order chi connectivity index (χ1) is 10.9. The average molecular weight is 378 g/mol.